The van der Waals surface area contributed by atoms with Gasteiger partial charge in [0, 0.05) is 6.54 Å². The molecular weight excluding hydrogens is 158 g/mol. The molecule has 0 fully saturated rings. The Hall–Kier alpha value is -0.0400. The lowest BCUT2D eigenvalue weighted by Crippen LogP contribution is -2.44. The van der Waals surface area contributed by atoms with Gasteiger partial charge in [0.25, 0.3) is 0 Å². The molecule has 0 aromatic heterocycles. The number of hydrogen-bond donors (Lipinski definition) is 1. The summed E-state index contributed by atoms with van der Waals surface area (Å²) in [5.41, 5.74) is 0.742. The number of nitrogens with one attached hydrogen (secondary N) is 1. The molecule has 0 spiro atoms. The van der Waals surface area contributed by atoms with Crippen molar-refractivity contribution in [3.8, 4) is 0 Å². The van der Waals surface area contributed by atoms with E-state index in [-0.39, 0.29) is 0 Å². The second-order valence-electron chi connectivity index (χ2n) is 5.54. The van der Waals surface area contributed by atoms with E-state index >= 15 is 0 Å². The molecule has 0 aliphatic carbocycles. The fraction of sp³-hybridized carbons (Fsp3) is 1.00. The summed E-state index contributed by atoms with van der Waals surface area (Å²) >= 11 is 0. The highest BCUT2D eigenvalue weighted by molar-refractivity contribution is 4.89. The molecule has 0 aliphatic heterocycles. The van der Waals surface area contributed by atoms with Gasteiger partial charge in [-0.25, -0.2) is 0 Å². The molecule has 0 aromatic carbocycles. The molecule has 0 aromatic rings. The Morgan fingerprint density at radius 2 is 1.54 bits per heavy atom. The van der Waals surface area contributed by atoms with Crippen LogP contribution in [0.2, 0.25) is 0 Å². The zero-order chi connectivity index (χ0) is 10.7. The first-order chi connectivity index (χ1) is 5.75. The van der Waals surface area contributed by atoms with Crippen molar-refractivity contribution in [1.29, 1.82) is 0 Å². The molecule has 80 valence electrons. The quantitative estimate of drug-likeness (QED) is 0.693. The van der Waals surface area contributed by atoms with Crippen LogP contribution in [0.25, 0.3) is 0 Å². The molecule has 0 aliphatic rings. The maximum absolute atomic E-state index is 3.45. The minimum atomic E-state index is 0.358. The van der Waals surface area contributed by atoms with E-state index in [9.17, 15) is 0 Å². The van der Waals surface area contributed by atoms with Gasteiger partial charge in [-0.05, 0) is 23.3 Å². The third-order valence-corrected chi connectivity index (χ3v) is 4.00. The van der Waals surface area contributed by atoms with Crippen molar-refractivity contribution < 1.29 is 0 Å². The van der Waals surface area contributed by atoms with Gasteiger partial charge in [-0.2, -0.15) is 0 Å². The van der Waals surface area contributed by atoms with Gasteiger partial charge in [0.15, 0.2) is 0 Å². The van der Waals surface area contributed by atoms with E-state index in [0.29, 0.717) is 10.8 Å². The summed E-state index contributed by atoms with van der Waals surface area (Å²) in [6.07, 6.45) is 0. The molecule has 0 saturated carbocycles. The van der Waals surface area contributed by atoms with Gasteiger partial charge in [-0.15, -0.1) is 0 Å². The summed E-state index contributed by atoms with van der Waals surface area (Å²) < 4.78 is 0. The van der Waals surface area contributed by atoms with Gasteiger partial charge < -0.3 is 5.32 Å². The van der Waals surface area contributed by atoms with Crippen LogP contribution in [-0.4, -0.2) is 13.1 Å². The smallest absolute Gasteiger partial charge is 0.000761 e. The van der Waals surface area contributed by atoms with Crippen LogP contribution in [0.3, 0.4) is 0 Å². The predicted octanol–water partition coefficient (Wildman–Crippen LogP) is 3.30. The largest absolute Gasteiger partial charge is 0.316 e. The number of rotatable bonds is 5. The van der Waals surface area contributed by atoms with Gasteiger partial charge in [-0.3, -0.25) is 0 Å². The SMILES string of the molecule is CCNCC(C)(C)C(C)(C)C(C)C. The van der Waals surface area contributed by atoms with Crippen molar-refractivity contribution >= 4 is 0 Å². The molecule has 1 N–H and O–H groups in total. The summed E-state index contributed by atoms with van der Waals surface area (Å²) in [6, 6.07) is 0. The first-order valence-electron chi connectivity index (χ1n) is 5.46. The van der Waals surface area contributed by atoms with Crippen molar-refractivity contribution in [2.45, 2.75) is 48.5 Å². The second-order valence-corrected chi connectivity index (χ2v) is 5.54. The van der Waals surface area contributed by atoms with Crippen LogP contribution >= 0.6 is 0 Å². The van der Waals surface area contributed by atoms with Crippen LogP contribution in [0, 0.1) is 16.7 Å². The third kappa shape index (κ3) is 2.98. The minimum absolute atomic E-state index is 0.358. The van der Waals surface area contributed by atoms with E-state index in [0.717, 1.165) is 19.0 Å². The third-order valence-electron chi connectivity index (χ3n) is 4.00. The van der Waals surface area contributed by atoms with Crippen LogP contribution in [0.5, 0.6) is 0 Å². The van der Waals surface area contributed by atoms with E-state index in [2.05, 4.69) is 53.8 Å². The standard InChI is InChI=1S/C12H27N/c1-8-13-9-11(4,5)12(6,7)10(2)3/h10,13H,8-9H2,1-7H3. The van der Waals surface area contributed by atoms with Gasteiger partial charge in [0.05, 0.1) is 0 Å². The van der Waals surface area contributed by atoms with Crippen molar-refractivity contribution in [3.05, 3.63) is 0 Å². The van der Waals surface area contributed by atoms with E-state index in [4.69, 9.17) is 0 Å². The van der Waals surface area contributed by atoms with E-state index in [1.807, 2.05) is 0 Å². The Morgan fingerprint density at radius 1 is 1.08 bits per heavy atom. The monoisotopic (exact) mass is 185 g/mol. The predicted molar refractivity (Wildman–Crippen MR) is 60.9 cm³/mol. The Labute approximate surface area is 84.3 Å². The molecule has 0 saturated heterocycles. The lowest BCUT2D eigenvalue weighted by molar-refractivity contribution is 0.0562. The summed E-state index contributed by atoms with van der Waals surface area (Å²) in [4.78, 5) is 0. The fourth-order valence-electron chi connectivity index (χ4n) is 1.45. The number of hydrogen-bond acceptors (Lipinski definition) is 1. The molecule has 0 radical (unpaired) electrons. The zero-order valence-electron chi connectivity index (χ0n) is 10.5. The lowest BCUT2D eigenvalue weighted by Gasteiger charge is -2.45. The van der Waals surface area contributed by atoms with Gasteiger partial charge in [0.1, 0.15) is 0 Å². The zero-order valence-corrected chi connectivity index (χ0v) is 10.5. The van der Waals surface area contributed by atoms with Crippen molar-refractivity contribution in [3.63, 3.8) is 0 Å². The van der Waals surface area contributed by atoms with Gasteiger partial charge in [0.2, 0.25) is 0 Å². The van der Waals surface area contributed by atoms with Crippen LogP contribution < -0.4 is 5.32 Å². The molecule has 0 heterocycles. The molecule has 0 atom stereocenters. The van der Waals surface area contributed by atoms with Gasteiger partial charge >= 0.3 is 0 Å². The fourth-order valence-corrected chi connectivity index (χ4v) is 1.45. The Balaban J connectivity index is 4.41. The van der Waals surface area contributed by atoms with E-state index < -0.39 is 0 Å². The normalized spacial score (nSPS) is 13.8. The van der Waals surface area contributed by atoms with E-state index in [1.54, 1.807) is 0 Å². The Bertz CT molecular complexity index is 145. The van der Waals surface area contributed by atoms with Crippen molar-refractivity contribution in [2.75, 3.05) is 13.1 Å². The second kappa shape index (κ2) is 4.45. The topological polar surface area (TPSA) is 12.0 Å². The summed E-state index contributed by atoms with van der Waals surface area (Å²) in [6.45, 7) is 18.4. The summed E-state index contributed by atoms with van der Waals surface area (Å²) in [5, 5.41) is 3.45. The molecule has 0 bridgehead atoms. The maximum atomic E-state index is 3.45. The highest BCUT2D eigenvalue weighted by atomic mass is 14.9. The molecule has 1 nitrogen and oxygen atoms in total. The molecule has 0 amide bonds. The molecule has 13 heavy (non-hydrogen) atoms. The highest BCUT2D eigenvalue weighted by Crippen LogP contribution is 2.43. The van der Waals surface area contributed by atoms with Gasteiger partial charge in [-0.1, -0.05) is 48.5 Å². The van der Waals surface area contributed by atoms with Crippen molar-refractivity contribution in [1.82, 2.24) is 5.32 Å². The average Bonchev–Trinajstić information content (AvgIpc) is 2.00. The molecule has 1 heteroatoms. The maximum Gasteiger partial charge on any atom is 0.000761 e. The molecule has 0 unspecified atom stereocenters. The minimum Gasteiger partial charge on any atom is -0.316 e. The molecular formula is C12H27N. The van der Waals surface area contributed by atoms with Crippen LogP contribution in [0.4, 0.5) is 0 Å². The van der Waals surface area contributed by atoms with Crippen LogP contribution in [0.1, 0.15) is 48.5 Å². The van der Waals surface area contributed by atoms with Crippen LogP contribution in [-0.2, 0) is 0 Å². The van der Waals surface area contributed by atoms with Crippen LogP contribution in [0.15, 0.2) is 0 Å². The van der Waals surface area contributed by atoms with E-state index in [1.165, 1.54) is 0 Å². The summed E-state index contributed by atoms with van der Waals surface area (Å²) in [7, 11) is 0. The average molecular weight is 185 g/mol. The van der Waals surface area contributed by atoms with Crippen molar-refractivity contribution in [2.24, 2.45) is 16.7 Å². The Kier molecular flexibility index (Phi) is 4.44. The first kappa shape index (κ1) is 13.0. The highest BCUT2D eigenvalue weighted by Gasteiger charge is 2.38. The first-order valence-corrected chi connectivity index (χ1v) is 5.46. The summed E-state index contributed by atoms with van der Waals surface area (Å²) in [5.74, 6) is 0.723. The Morgan fingerprint density at radius 3 is 1.85 bits per heavy atom. The lowest BCUT2D eigenvalue weighted by atomic mass is 9.62. The molecule has 0 rings (SSSR count).